The van der Waals surface area contributed by atoms with Crippen molar-refractivity contribution in [3.63, 3.8) is 0 Å². The molecule has 0 aliphatic heterocycles. The molecule has 0 spiro atoms. The number of hydrogen-bond acceptors (Lipinski definition) is 3. The van der Waals surface area contributed by atoms with Crippen LogP contribution in [0, 0.1) is 0 Å². The molecular formula is C16H19NO3. The molecule has 4 heteroatoms. The van der Waals surface area contributed by atoms with Crippen LogP contribution in [-0.2, 0) is 13.0 Å². The molecule has 1 aromatic carbocycles. The van der Waals surface area contributed by atoms with Crippen LogP contribution < -0.4 is 5.32 Å². The molecule has 2 N–H and O–H groups in total. The van der Waals surface area contributed by atoms with E-state index in [2.05, 4.69) is 24.4 Å². The van der Waals surface area contributed by atoms with Crippen molar-refractivity contribution in [1.82, 2.24) is 5.32 Å². The molecule has 106 valence electrons. The molecule has 4 nitrogen and oxygen atoms in total. The Balaban J connectivity index is 1.79. The number of hydrogen-bond donors (Lipinski definition) is 2. The van der Waals surface area contributed by atoms with E-state index in [0.29, 0.717) is 18.2 Å². The molecule has 0 radical (unpaired) electrons. The fourth-order valence-electron chi connectivity index (χ4n) is 2.08. The quantitative estimate of drug-likeness (QED) is 0.813. The highest BCUT2D eigenvalue weighted by Gasteiger charge is 2.14. The highest BCUT2D eigenvalue weighted by Crippen LogP contribution is 2.11. The number of benzene rings is 1. The summed E-state index contributed by atoms with van der Waals surface area (Å²) in [5.74, 6) is -1.00. The van der Waals surface area contributed by atoms with E-state index in [1.54, 1.807) is 6.07 Å². The monoisotopic (exact) mass is 273 g/mol. The lowest BCUT2D eigenvalue weighted by atomic mass is 10.1. The molecule has 2 aromatic rings. The lowest BCUT2D eigenvalue weighted by Crippen LogP contribution is -2.26. The molecule has 1 atom stereocenters. The molecule has 2 rings (SSSR count). The van der Waals surface area contributed by atoms with E-state index in [1.807, 2.05) is 18.2 Å². The third-order valence-corrected chi connectivity index (χ3v) is 3.29. The van der Waals surface area contributed by atoms with Gasteiger partial charge in [-0.25, -0.2) is 4.79 Å². The summed E-state index contributed by atoms with van der Waals surface area (Å²) in [6, 6.07) is 12.3. The van der Waals surface area contributed by atoms with Crippen LogP contribution in [0.2, 0.25) is 0 Å². The number of aryl methyl sites for hydroxylation is 1. The van der Waals surface area contributed by atoms with Crippen molar-refractivity contribution >= 4 is 5.97 Å². The molecule has 0 aliphatic rings. The zero-order valence-corrected chi connectivity index (χ0v) is 11.5. The second-order valence-corrected chi connectivity index (χ2v) is 4.89. The van der Waals surface area contributed by atoms with Gasteiger partial charge in [-0.1, -0.05) is 30.3 Å². The van der Waals surface area contributed by atoms with Gasteiger partial charge in [0.15, 0.2) is 0 Å². The largest absolute Gasteiger partial charge is 0.475 e. The highest BCUT2D eigenvalue weighted by molar-refractivity contribution is 5.86. The Morgan fingerprint density at radius 2 is 2.05 bits per heavy atom. The second-order valence-electron chi connectivity index (χ2n) is 4.89. The van der Waals surface area contributed by atoms with Crippen molar-refractivity contribution in [2.75, 3.05) is 0 Å². The SMILES string of the molecule is CC(CCc1ccccc1)NCc1ccoc1C(=O)O. The van der Waals surface area contributed by atoms with E-state index in [-0.39, 0.29) is 5.76 Å². The average Bonchev–Trinajstić information content (AvgIpc) is 2.92. The minimum absolute atomic E-state index is 0.0211. The first-order valence-electron chi connectivity index (χ1n) is 6.74. The molecular weight excluding hydrogens is 254 g/mol. The second kappa shape index (κ2) is 6.91. The van der Waals surface area contributed by atoms with Crippen molar-refractivity contribution in [3.05, 3.63) is 59.5 Å². The summed E-state index contributed by atoms with van der Waals surface area (Å²) in [7, 11) is 0. The number of furan rings is 1. The maximum absolute atomic E-state index is 10.9. The number of carboxylic acids is 1. The topological polar surface area (TPSA) is 62.5 Å². The Kier molecular flexibility index (Phi) is 4.96. The van der Waals surface area contributed by atoms with Gasteiger partial charge in [-0.3, -0.25) is 0 Å². The van der Waals surface area contributed by atoms with Gasteiger partial charge in [0.2, 0.25) is 5.76 Å². The van der Waals surface area contributed by atoms with Gasteiger partial charge in [0.1, 0.15) is 0 Å². The van der Waals surface area contributed by atoms with Gasteiger partial charge in [0.05, 0.1) is 6.26 Å². The smallest absolute Gasteiger partial charge is 0.372 e. The van der Waals surface area contributed by atoms with Crippen LogP contribution in [0.5, 0.6) is 0 Å². The van der Waals surface area contributed by atoms with E-state index in [0.717, 1.165) is 12.8 Å². The summed E-state index contributed by atoms with van der Waals surface area (Å²) in [5, 5.41) is 12.3. The lowest BCUT2D eigenvalue weighted by Gasteiger charge is -2.13. The Labute approximate surface area is 118 Å². The molecule has 1 unspecified atom stereocenters. The molecule has 0 bridgehead atoms. The van der Waals surface area contributed by atoms with E-state index >= 15 is 0 Å². The van der Waals surface area contributed by atoms with Crippen LogP contribution in [0.1, 0.15) is 35.0 Å². The summed E-state index contributed by atoms with van der Waals surface area (Å²) in [5.41, 5.74) is 2.00. The first-order chi connectivity index (χ1) is 9.66. The summed E-state index contributed by atoms with van der Waals surface area (Å²) in [6.45, 7) is 2.61. The Morgan fingerprint density at radius 1 is 1.30 bits per heavy atom. The number of carbonyl (C=O) groups is 1. The van der Waals surface area contributed by atoms with E-state index in [4.69, 9.17) is 9.52 Å². The summed E-state index contributed by atoms with van der Waals surface area (Å²) in [6.07, 6.45) is 3.42. The van der Waals surface area contributed by atoms with Crippen molar-refractivity contribution in [3.8, 4) is 0 Å². The van der Waals surface area contributed by atoms with E-state index in [9.17, 15) is 4.79 Å². The fraction of sp³-hybridized carbons (Fsp3) is 0.312. The fourth-order valence-corrected chi connectivity index (χ4v) is 2.08. The Hall–Kier alpha value is -2.07. The lowest BCUT2D eigenvalue weighted by molar-refractivity contribution is 0.0660. The predicted molar refractivity (Wildman–Crippen MR) is 76.7 cm³/mol. The first kappa shape index (κ1) is 14.3. The standard InChI is InChI=1S/C16H19NO3/c1-12(7-8-13-5-3-2-4-6-13)17-11-14-9-10-20-15(14)16(18)19/h2-6,9-10,12,17H,7-8,11H2,1H3,(H,18,19). The van der Waals surface area contributed by atoms with Crippen molar-refractivity contribution in [1.29, 1.82) is 0 Å². The van der Waals surface area contributed by atoms with Gasteiger partial charge in [-0.2, -0.15) is 0 Å². The van der Waals surface area contributed by atoms with Crippen molar-refractivity contribution in [2.45, 2.75) is 32.4 Å². The van der Waals surface area contributed by atoms with Crippen molar-refractivity contribution < 1.29 is 14.3 Å². The Bertz CT molecular complexity index is 548. The number of aromatic carboxylic acids is 1. The highest BCUT2D eigenvalue weighted by atomic mass is 16.4. The minimum atomic E-state index is -1.02. The van der Waals surface area contributed by atoms with Gasteiger partial charge in [-0.15, -0.1) is 0 Å². The van der Waals surface area contributed by atoms with Crippen LogP contribution in [0.3, 0.4) is 0 Å². The Morgan fingerprint density at radius 3 is 2.75 bits per heavy atom. The van der Waals surface area contributed by atoms with Crippen LogP contribution in [0.15, 0.2) is 47.1 Å². The summed E-state index contributed by atoms with van der Waals surface area (Å²) < 4.78 is 4.95. The maximum Gasteiger partial charge on any atom is 0.372 e. The van der Waals surface area contributed by atoms with Gasteiger partial charge in [0, 0.05) is 18.2 Å². The molecule has 1 heterocycles. The summed E-state index contributed by atoms with van der Waals surface area (Å²) in [4.78, 5) is 10.9. The number of carboxylic acid groups (broad SMARTS) is 1. The molecule has 20 heavy (non-hydrogen) atoms. The maximum atomic E-state index is 10.9. The molecule has 0 fully saturated rings. The van der Waals surface area contributed by atoms with Crippen LogP contribution in [0.25, 0.3) is 0 Å². The third-order valence-electron chi connectivity index (χ3n) is 3.29. The van der Waals surface area contributed by atoms with Crippen LogP contribution in [-0.4, -0.2) is 17.1 Å². The predicted octanol–water partition coefficient (Wildman–Crippen LogP) is 3.09. The normalized spacial score (nSPS) is 12.2. The van der Waals surface area contributed by atoms with E-state index < -0.39 is 5.97 Å². The first-order valence-corrected chi connectivity index (χ1v) is 6.74. The number of nitrogens with one attached hydrogen (secondary N) is 1. The van der Waals surface area contributed by atoms with Gasteiger partial charge in [-0.05, 0) is 31.4 Å². The van der Waals surface area contributed by atoms with Gasteiger partial charge >= 0.3 is 5.97 Å². The van der Waals surface area contributed by atoms with Gasteiger partial charge in [0.25, 0.3) is 0 Å². The molecule has 0 aliphatic carbocycles. The van der Waals surface area contributed by atoms with Crippen LogP contribution >= 0.6 is 0 Å². The summed E-state index contributed by atoms with van der Waals surface area (Å²) >= 11 is 0. The zero-order valence-electron chi connectivity index (χ0n) is 11.5. The minimum Gasteiger partial charge on any atom is -0.475 e. The zero-order chi connectivity index (χ0) is 14.4. The van der Waals surface area contributed by atoms with E-state index in [1.165, 1.54) is 11.8 Å². The van der Waals surface area contributed by atoms with Gasteiger partial charge < -0.3 is 14.8 Å². The average molecular weight is 273 g/mol. The van der Waals surface area contributed by atoms with Crippen molar-refractivity contribution in [2.24, 2.45) is 0 Å². The molecule has 1 aromatic heterocycles. The molecule has 0 saturated heterocycles. The molecule has 0 saturated carbocycles. The third kappa shape index (κ3) is 3.96. The number of rotatable bonds is 7. The van der Waals surface area contributed by atoms with Crippen LogP contribution in [0.4, 0.5) is 0 Å². The molecule has 0 amide bonds.